The molecule has 1 aromatic carbocycles. The molecule has 1 aromatic heterocycles. The van der Waals surface area contributed by atoms with E-state index in [4.69, 9.17) is 4.74 Å². The van der Waals surface area contributed by atoms with Crippen molar-refractivity contribution >= 4 is 23.8 Å². The van der Waals surface area contributed by atoms with E-state index in [-0.39, 0.29) is 6.61 Å². The van der Waals surface area contributed by atoms with Crippen molar-refractivity contribution in [1.29, 1.82) is 0 Å². The summed E-state index contributed by atoms with van der Waals surface area (Å²) in [6, 6.07) is 9.49. The van der Waals surface area contributed by atoms with Crippen molar-refractivity contribution in [3.8, 4) is 5.75 Å². The van der Waals surface area contributed by atoms with E-state index in [9.17, 15) is 9.59 Å². The highest BCUT2D eigenvalue weighted by atomic mass is 32.2. The summed E-state index contributed by atoms with van der Waals surface area (Å²) in [5.74, 6) is 1.49. The minimum atomic E-state index is -0.782. The zero-order valence-electron chi connectivity index (χ0n) is 16.5. The van der Waals surface area contributed by atoms with Crippen LogP contribution in [0, 0.1) is 5.92 Å². The first-order valence-corrected chi connectivity index (χ1v) is 9.94. The second-order valence-electron chi connectivity index (χ2n) is 6.58. The van der Waals surface area contributed by atoms with Gasteiger partial charge in [-0.3, -0.25) is 10.1 Å². The Morgan fingerprint density at radius 2 is 1.89 bits per heavy atom. The van der Waals surface area contributed by atoms with Crippen LogP contribution in [0.3, 0.4) is 0 Å². The number of imide groups is 1. The molecule has 1 N–H and O–H groups in total. The van der Waals surface area contributed by atoms with Crippen LogP contribution >= 0.6 is 11.8 Å². The predicted molar refractivity (Wildman–Crippen MR) is 106 cm³/mol. The Kier molecular flexibility index (Phi) is 8.31. The average molecular weight is 407 g/mol. The number of aromatic nitrogens is 3. The number of hydrogen-bond acceptors (Lipinski definition) is 7. The Bertz CT molecular complexity index is 779. The number of benzene rings is 1. The number of carbonyl (C=O) groups is 2. The molecule has 1 atom stereocenters. The van der Waals surface area contributed by atoms with Gasteiger partial charge in [0, 0.05) is 6.54 Å². The first kappa shape index (κ1) is 21.7. The molecule has 0 aliphatic carbocycles. The maximum absolute atomic E-state index is 12.1. The third kappa shape index (κ3) is 6.56. The lowest BCUT2D eigenvalue weighted by atomic mass is 10.1. The normalized spacial score (nSPS) is 11.9. The standard InChI is InChI=1S/C19H26N4O4S/c1-13(2)10-11-23-16(12-27-15-8-6-5-7-9-15)21-22-18(23)28-14(3)17(24)20-19(25)26-4/h5-9,13-14H,10-12H2,1-4H3,(H,20,24,25)/t14-/m1/s1. The van der Waals surface area contributed by atoms with Crippen molar-refractivity contribution in [2.75, 3.05) is 7.11 Å². The molecule has 9 heteroatoms. The summed E-state index contributed by atoms with van der Waals surface area (Å²) in [7, 11) is 1.21. The minimum Gasteiger partial charge on any atom is -0.486 e. The number of rotatable bonds is 9. The van der Waals surface area contributed by atoms with Gasteiger partial charge in [-0.1, -0.05) is 43.8 Å². The molecule has 0 radical (unpaired) electrons. The molecule has 0 saturated heterocycles. The first-order chi connectivity index (χ1) is 13.4. The number of nitrogens with one attached hydrogen (secondary N) is 1. The molecule has 2 amide bonds. The van der Waals surface area contributed by atoms with Crippen molar-refractivity contribution in [3.63, 3.8) is 0 Å². The summed E-state index contributed by atoms with van der Waals surface area (Å²) in [4.78, 5) is 23.3. The van der Waals surface area contributed by atoms with E-state index >= 15 is 0 Å². The van der Waals surface area contributed by atoms with Gasteiger partial charge in [0.1, 0.15) is 12.4 Å². The smallest absolute Gasteiger partial charge is 0.413 e. The summed E-state index contributed by atoms with van der Waals surface area (Å²) in [5, 5.41) is 10.7. The van der Waals surface area contributed by atoms with Crippen molar-refractivity contribution in [2.24, 2.45) is 5.92 Å². The van der Waals surface area contributed by atoms with Crippen molar-refractivity contribution in [1.82, 2.24) is 20.1 Å². The number of amides is 2. The van der Waals surface area contributed by atoms with Gasteiger partial charge in [0.25, 0.3) is 0 Å². The number of para-hydroxylation sites is 1. The molecular weight excluding hydrogens is 380 g/mol. The Morgan fingerprint density at radius 1 is 1.18 bits per heavy atom. The van der Waals surface area contributed by atoms with Gasteiger partial charge < -0.3 is 14.0 Å². The molecule has 0 saturated carbocycles. The van der Waals surface area contributed by atoms with Crippen LogP contribution in [0.25, 0.3) is 0 Å². The SMILES string of the molecule is COC(=O)NC(=O)[C@@H](C)Sc1nnc(COc2ccccc2)n1CCC(C)C. The van der Waals surface area contributed by atoms with Crippen LogP contribution in [-0.2, 0) is 22.7 Å². The number of ether oxygens (including phenoxy) is 2. The molecule has 1 heterocycles. The lowest BCUT2D eigenvalue weighted by molar-refractivity contribution is -0.119. The number of carbonyl (C=O) groups excluding carboxylic acids is 2. The summed E-state index contributed by atoms with van der Waals surface area (Å²) >= 11 is 1.24. The second kappa shape index (κ2) is 10.7. The topological polar surface area (TPSA) is 95.3 Å². The largest absolute Gasteiger partial charge is 0.486 e. The Hall–Kier alpha value is -2.55. The van der Waals surface area contributed by atoms with Crippen LogP contribution in [0.15, 0.2) is 35.5 Å². The molecule has 0 spiro atoms. The van der Waals surface area contributed by atoms with Gasteiger partial charge in [0.2, 0.25) is 5.91 Å². The Balaban J connectivity index is 2.10. The summed E-state index contributed by atoms with van der Waals surface area (Å²) in [6.07, 6.45) is 0.155. The monoisotopic (exact) mass is 406 g/mol. The van der Waals surface area contributed by atoms with E-state index < -0.39 is 17.3 Å². The Labute approximate surface area is 169 Å². The van der Waals surface area contributed by atoms with Gasteiger partial charge in [-0.2, -0.15) is 0 Å². The number of hydrogen-bond donors (Lipinski definition) is 1. The van der Waals surface area contributed by atoms with Crippen molar-refractivity contribution in [2.45, 2.75) is 50.8 Å². The number of alkyl carbamates (subject to hydrolysis) is 1. The third-order valence-electron chi connectivity index (χ3n) is 3.90. The first-order valence-electron chi connectivity index (χ1n) is 9.06. The fraction of sp³-hybridized carbons (Fsp3) is 0.474. The lowest BCUT2D eigenvalue weighted by Crippen LogP contribution is -2.36. The maximum atomic E-state index is 12.1. The highest BCUT2D eigenvalue weighted by molar-refractivity contribution is 8.00. The van der Waals surface area contributed by atoms with Crippen molar-refractivity contribution < 1.29 is 19.1 Å². The molecule has 0 aliphatic heterocycles. The lowest BCUT2D eigenvalue weighted by Gasteiger charge is -2.14. The molecule has 0 bridgehead atoms. The fourth-order valence-corrected chi connectivity index (χ4v) is 3.15. The van der Waals surface area contributed by atoms with Gasteiger partial charge in [-0.15, -0.1) is 10.2 Å². The average Bonchev–Trinajstić information content (AvgIpc) is 3.06. The van der Waals surface area contributed by atoms with Gasteiger partial charge in [-0.25, -0.2) is 4.79 Å². The van der Waals surface area contributed by atoms with Crippen molar-refractivity contribution in [3.05, 3.63) is 36.2 Å². The second-order valence-corrected chi connectivity index (χ2v) is 7.88. The van der Waals surface area contributed by atoms with Gasteiger partial charge in [0.15, 0.2) is 11.0 Å². The highest BCUT2D eigenvalue weighted by Gasteiger charge is 2.22. The molecule has 0 fully saturated rings. The molecule has 8 nitrogen and oxygen atoms in total. The summed E-state index contributed by atoms with van der Waals surface area (Å²) in [5.41, 5.74) is 0. The van der Waals surface area contributed by atoms with E-state index in [2.05, 4.69) is 34.1 Å². The van der Waals surface area contributed by atoms with E-state index in [0.717, 1.165) is 12.2 Å². The van der Waals surface area contributed by atoms with Gasteiger partial charge in [-0.05, 0) is 31.4 Å². The van der Waals surface area contributed by atoms with Crippen LogP contribution in [0.5, 0.6) is 5.75 Å². The van der Waals surface area contributed by atoms with Crippen LogP contribution in [0.4, 0.5) is 4.79 Å². The van der Waals surface area contributed by atoms with E-state index in [1.807, 2.05) is 34.9 Å². The highest BCUT2D eigenvalue weighted by Crippen LogP contribution is 2.24. The molecule has 28 heavy (non-hydrogen) atoms. The molecule has 152 valence electrons. The number of thioether (sulfide) groups is 1. The molecule has 0 unspecified atom stereocenters. The number of methoxy groups -OCH3 is 1. The quantitative estimate of drug-likeness (QED) is 0.639. The summed E-state index contributed by atoms with van der Waals surface area (Å²) in [6.45, 7) is 6.97. The van der Waals surface area contributed by atoms with Gasteiger partial charge >= 0.3 is 6.09 Å². The maximum Gasteiger partial charge on any atom is 0.413 e. The van der Waals surface area contributed by atoms with E-state index in [1.165, 1.54) is 18.9 Å². The van der Waals surface area contributed by atoms with Crippen LogP contribution < -0.4 is 10.1 Å². The zero-order chi connectivity index (χ0) is 20.5. The van der Waals surface area contributed by atoms with Gasteiger partial charge in [0.05, 0.1) is 12.4 Å². The molecule has 0 aliphatic rings. The van der Waals surface area contributed by atoms with Crippen LogP contribution in [0.1, 0.15) is 33.0 Å². The van der Waals surface area contributed by atoms with Crippen LogP contribution in [-0.4, -0.2) is 39.1 Å². The van der Waals surface area contributed by atoms with Crippen LogP contribution in [0.2, 0.25) is 0 Å². The molecule has 2 aromatic rings. The minimum absolute atomic E-state index is 0.276. The molecular formula is C19H26N4O4S. The van der Waals surface area contributed by atoms with E-state index in [0.29, 0.717) is 23.4 Å². The van der Waals surface area contributed by atoms with E-state index in [1.54, 1.807) is 6.92 Å². The Morgan fingerprint density at radius 3 is 2.54 bits per heavy atom. The fourth-order valence-electron chi connectivity index (χ4n) is 2.25. The third-order valence-corrected chi connectivity index (χ3v) is 4.98. The number of nitrogens with zero attached hydrogens (tertiary/aromatic N) is 3. The summed E-state index contributed by atoms with van der Waals surface area (Å²) < 4.78 is 12.2. The predicted octanol–water partition coefficient (Wildman–Crippen LogP) is 3.27. The zero-order valence-corrected chi connectivity index (χ0v) is 17.4. The molecule has 2 rings (SSSR count).